The summed E-state index contributed by atoms with van der Waals surface area (Å²) in [5.74, 6) is -0.0468. The number of fused-ring (bicyclic) bond motifs is 1. The molecule has 9 nitrogen and oxygen atoms in total. The van der Waals surface area contributed by atoms with Crippen LogP contribution in [0.4, 0.5) is 0 Å². The third-order valence-electron chi connectivity index (χ3n) is 3.83. The number of thioether (sulfide) groups is 2. The lowest BCUT2D eigenvalue weighted by molar-refractivity contribution is -0.192. The third kappa shape index (κ3) is 4.07. The second-order valence-electron chi connectivity index (χ2n) is 5.56. The summed E-state index contributed by atoms with van der Waals surface area (Å²) >= 11 is 2.42. The van der Waals surface area contributed by atoms with Crippen LogP contribution in [0, 0.1) is 12.3 Å². The number of carboxylic acid groups (broad SMARTS) is 1. The molecule has 1 fully saturated rings. The average molecular weight is 414 g/mol. The van der Waals surface area contributed by atoms with Crippen LogP contribution in [0.15, 0.2) is 11.3 Å². The highest BCUT2D eigenvalue weighted by Crippen LogP contribution is 2.46. The fourth-order valence-corrected chi connectivity index (χ4v) is 4.59. The Hall–Kier alpha value is -2.16. The molecule has 2 aliphatic heterocycles. The van der Waals surface area contributed by atoms with E-state index in [4.69, 9.17) is 15.9 Å². The molecule has 11 heteroatoms. The maximum absolute atomic E-state index is 12.7. The second-order valence-corrected chi connectivity index (χ2v) is 7.62. The first kappa shape index (κ1) is 21.1. The Bertz CT molecular complexity index is 746. The zero-order chi connectivity index (χ0) is 20.2. The molecule has 2 aliphatic rings. The van der Waals surface area contributed by atoms with Crippen LogP contribution in [0.2, 0.25) is 0 Å². The monoisotopic (exact) mass is 414 g/mol. The lowest BCUT2D eigenvalue weighted by Gasteiger charge is -2.55. The number of carbonyl (C=O) groups is 4. The van der Waals surface area contributed by atoms with E-state index in [1.165, 1.54) is 37.6 Å². The maximum Gasteiger partial charge on any atom is 0.352 e. The fraction of sp³-hybridized carbons (Fsp3) is 0.500. The zero-order valence-corrected chi connectivity index (χ0v) is 16.3. The molecule has 0 aromatic carbocycles. The topological polar surface area (TPSA) is 122 Å². The first-order chi connectivity index (χ1) is 12.8. The van der Waals surface area contributed by atoms with Crippen LogP contribution in [0.25, 0.3) is 0 Å². The van der Waals surface area contributed by atoms with E-state index in [2.05, 4.69) is 11.2 Å². The van der Waals surface area contributed by atoms with E-state index in [-0.39, 0.29) is 23.8 Å². The highest BCUT2D eigenvalue weighted by atomic mass is 32.2. The van der Waals surface area contributed by atoms with Crippen molar-refractivity contribution >= 4 is 47.3 Å². The minimum absolute atomic E-state index is 0.0410. The Kier molecular flexibility index (Phi) is 6.80. The smallest absolute Gasteiger partial charge is 0.352 e. The lowest BCUT2D eigenvalue weighted by atomic mass is 9.98. The van der Waals surface area contributed by atoms with Crippen LogP contribution < -0.4 is 5.32 Å². The van der Waals surface area contributed by atoms with Gasteiger partial charge in [0.25, 0.3) is 11.6 Å². The van der Waals surface area contributed by atoms with Gasteiger partial charge in [-0.1, -0.05) is 5.92 Å². The lowest BCUT2D eigenvalue weighted by Crippen LogP contribution is -2.80. The van der Waals surface area contributed by atoms with Gasteiger partial charge in [0.15, 0.2) is 0 Å². The summed E-state index contributed by atoms with van der Waals surface area (Å²) < 4.78 is 10.2. The number of carboxylic acids is 1. The predicted molar refractivity (Wildman–Crippen MR) is 98.4 cm³/mol. The number of carbonyl (C=O) groups excluding carboxylic acids is 3. The predicted octanol–water partition coefficient (Wildman–Crippen LogP) is -0.371. The molecule has 0 aromatic heterocycles. The van der Waals surface area contributed by atoms with Crippen LogP contribution in [0.5, 0.6) is 0 Å². The largest absolute Gasteiger partial charge is 0.477 e. The van der Waals surface area contributed by atoms with Gasteiger partial charge in [0, 0.05) is 25.4 Å². The van der Waals surface area contributed by atoms with Gasteiger partial charge in [-0.3, -0.25) is 19.3 Å². The molecule has 2 rings (SSSR count). The van der Waals surface area contributed by atoms with E-state index < -0.39 is 34.9 Å². The number of nitrogens with zero attached hydrogens (tertiary/aromatic N) is 1. The average Bonchev–Trinajstić information content (AvgIpc) is 2.63. The Morgan fingerprint density at radius 1 is 1.52 bits per heavy atom. The first-order valence-corrected chi connectivity index (χ1v) is 9.90. The van der Waals surface area contributed by atoms with Crippen molar-refractivity contribution in [1.82, 2.24) is 10.2 Å². The van der Waals surface area contributed by atoms with E-state index in [1.54, 1.807) is 0 Å². The minimum Gasteiger partial charge on any atom is -0.477 e. The number of ether oxygens (including phenoxy) is 2. The summed E-state index contributed by atoms with van der Waals surface area (Å²) in [6.07, 6.45) is 5.13. The summed E-state index contributed by atoms with van der Waals surface area (Å²) in [7, 11) is 1.27. The molecule has 2 N–H and O–H groups in total. The quantitative estimate of drug-likeness (QED) is 0.180. The molecular formula is C16H18N2O7S2. The molecule has 2 heterocycles. The van der Waals surface area contributed by atoms with E-state index in [0.717, 1.165) is 4.90 Å². The molecule has 0 unspecified atom stereocenters. The van der Waals surface area contributed by atoms with Gasteiger partial charge in [-0.15, -0.1) is 29.9 Å². The second kappa shape index (κ2) is 8.69. The number of β-lactam (4-membered cyclic amide) rings is 1. The van der Waals surface area contributed by atoms with Crippen molar-refractivity contribution in [1.29, 1.82) is 0 Å². The van der Waals surface area contributed by atoms with E-state index in [9.17, 15) is 24.3 Å². The molecule has 146 valence electrons. The minimum atomic E-state index is -1.65. The SMILES string of the molecule is C#CCSCC(=O)N[C@]1(OC)C(=O)N2C(C(=O)O)=C(COC(C)=O)CS[C@H]21. The van der Waals surface area contributed by atoms with E-state index in [1.807, 2.05) is 0 Å². The molecule has 0 saturated carbocycles. The Morgan fingerprint density at radius 2 is 2.22 bits per heavy atom. The Morgan fingerprint density at radius 3 is 2.78 bits per heavy atom. The van der Waals surface area contributed by atoms with Gasteiger partial charge in [0.1, 0.15) is 17.7 Å². The Labute approximate surface area is 164 Å². The zero-order valence-electron chi connectivity index (χ0n) is 14.6. The van der Waals surface area contributed by atoms with Gasteiger partial charge in [0.2, 0.25) is 5.91 Å². The molecule has 0 bridgehead atoms. The summed E-state index contributed by atoms with van der Waals surface area (Å²) in [4.78, 5) is 48.6. The van der Waals surface area contributed by atoms with E-state index in [0.29, 0.717) is 11.3 Å². The number of amides is 2. The molecule has 0 aromatic rings. The van der Waals surface area contributed by atoms with Crippen molar-refractivity contribution in [3.05, 3.63) is 11.3 Å². The summed E-state index contributed by atoms with van der Waals surface area (Å²) in [6.45, 7) is 0.980. The van der Waals surface area contributed by atoms with Crippen molar-refractivity contribution in [2.75, 3.05) is 31.0 Å². The van der Waals surface area contributed by atoms with Crippen molar-refractivity contribution in [3.8, 4) is 12.3 Å². The van der Waals surface area contributed by atoms with Gasteiger partial charge in [-0.25, -0.2) is 4.79 Å². The highest BCUT2D eigenvalue weighted by molar-refractivity contribution is 8.00. The van der Waals surface area contributed by atoms with Crippen LogP contribution in [-0.2, 0) is 28.7 Å². The van der Waals surface area contributed by atoms with Crippen LogP contribution >= 0.6 is 23.5 Å². The molecule has 27 heavy (non-hydrogen) atoms. The number of rotatable bonds is 8. The molecule has 0 spiro atoms. The fourth-order valence-electron chi connectivity index (χ4n) is 2.69. The number of hydrogen-bond acceptors (Lipinski definition) is 8. The maximum atomic E-state index is 12.7. The van der Waals surface area contributed by atoms with Crippen LogP contribution in [0.3, 0.4) is 0 Å². The normalized spacial score (nSPS) is 23.8. The summed E-state index contributed by atoms with van der Waals surface area (Å²) in [6, 6.07) is 0. The van der Waals surface area contributed by atoms with Gasteiger partial charge in [-0.2, -0.15) is 0 Å². The van der Waals surface area contributed by atoms with Crippen LogP contribution in [0.1, 0.15) is 6.92 Å². The molecule has 2 atom stereocenters. The van der Waals surface area contributed by atoms with Gasteiger partial charge in [0.05, 0.1) is 11.5 Å². The number of nitrogens with one attached hydrogen (secondary N) is 1. The van der Waals surface area contributed by atoms with Crippen molar-refractivity contribution in [2.24, 2.45) is 0 Å². The third-order valence-corrected chi connectivity index (χ3v) is 6.04. The van der Waals surface area contributed by atoms with Gasteiger partial charge < -0.3 is 19.9 Å². The van der Waals surface area contributed by atoms with Gasteiger partial charge >= 0.3 is 11.9 Å². The van der Waals surface area contributed by atoms with Crippen molar-refractivity contribution in [3.63, 3.8) is 0 Å². The standard InChI is InChI=1S/C16H18N2O7S2/c1-4-5-26-8-11(20)17-16(24-3)14(23)18-12(13(21)22)10(6-25-9(2)19)7-27-15(16)18/h1,15H,5-8H2,2-3H3,(H,17,20)(H,21,22)/t15-,16-/m0/s1. The molecular weight excluding hydrogens is 396 g/mol. The molecule has 1 saturated heterocycles. The van der Waals surface area contributed by atoms with Crippen LogP contribution in [-0.4, -0.2) is 75.8 Å². The summed E-state index contributed by atoms with van der Waals surface area (Å²) in [5, 5.41) is 11.3. The molecule has 0 aliphatic carbocycles. The van der Waals surface area contributed by atoms with Crippen molar-refractivity contribution < 1.29 is 33.8 Å². The first-order valence-electron chi connectivity index (χ1n) is 7.69. The number of aliphatic carboxylic acids is 1. The molecule has 2 amide bonds. The number of terminal acetylenes is 1. The number of esters is 1. The Balaban J connectivity index is 2.21. The highest BCUT2D eigenvalue weighted by Gasteiger charge is 2.66. The molecule has 0 radical (unpaired) electrons. The van der Waals surface area contributed by atoms with E-state index >= 15 is 0 Å². The van der Waals surface area contributed by atoms with Crippen molar-refractivity contribution in [2.45, 2.75) is 18.0 Å². The number of methoxy groups -OCH3 is 1. The number of hydrogen-bond donors (Lipinski definition) is 2. The summed E-state index contributed by atoms with van der Waals surface area (Å²) in [5.41, 5.74) is -1.60. The van der Waals surface area contributed by atoms with Gasteiger partial charge in [-0.05, 0) is 0 Å².